The standard InChI is InChI=1S/C25H31NO.ClH/c1-2-3-4-6-21-8-10-22(11-9-21)12-13-23-14-16-24(17-15-23)19-26-18-5-7-25(26)20-27;/h8-11,14-17,25,27H,2-7,18-20H2,1H3;1H/t25-;/m1./s1. The van der Waals surface area contributed by atoms with E-state index in [0.717, 1.165) is 37.1 Å². The van der Waals surface area contributed by atoms with E-state index < -0.39 is 0 Å². The summed E-state index contributed by atoms with van der Waals surface area (Å²) >= 11 is 0. The lowest BCUT2D eigenvalue weighted by Crippen LogP contribution is -2.31. The summed E-state index contributed by atoms with van der Waals surface area (Å²) in [5.41, 5.74) is 4.81. The zero-order valence-electron chi connectivity index (χ0n) is 16.9. The molecule has 2 aromatic carbocycles. The highest BCUT2D eigenvalue weighted by atomic mass is 35.5. The van der Waals surface area contributed by atoms with E-state index in [0.29, 0.717) is 6.04 Å². The zero-order chi connectivity index (χ0) is 18.9. The first-order valence-corrected chi connectivity index (χ1v) is 10.3. The third-order valence-electron chi connectivity index (χ3n) is 5.42. The Morgan fingerprint density at radius 1 is 0.929 bits per heavy atom. The summed E-state index contributed by atoms with van der Waals surface area (Å²) < 4.78 is 0. The van der Waals surface area contributed by atoms with E-state index >= 15 is 0 Å². The molecule has 0 amide bonds. The van der Waals surface area contributed by atoms with E-state index in [1.165, 1.54) is 36.8 Å². The number of likely N-dealkylation sites (tertiary alicyclic amines) is 1. The molecule has 1 atom stereocenters. The molecule has 1 heterocycles. The zero-order valence-corrected chi connectivity index (χ0v) is 17.7. The van der Waals surface area contributed by atoms with Gasteiger partial charge in [0, 0.05) is 23.7 Å². The summed E-state index contributed by atoms with van der Waals surface area (Å²) in [6, 6.07) is 17.5. The third kappa shape index (κ3) is 6.67. The predicted molar refractivity (Wildman–Crippen MR) is 120 cm³/mol. The van der Waals surface area contributed by atoms with Crippen LogP contribution in [0.5, 0.6) is 0 Å². The fourth-order valence-electron chi connectivity index (χ4n) is 3.72. The number of nitrogens with zero attached hydrogens (tertiary/aromatic N) is 1. The summed E-state index contributed by atoms with van der Waals surface area (Å²) in [7, 11) is 0. The van der Waals surface area contributed by atoms with Gasteiger partial charge in [-0.25, -0.2) is 0 Å². The second-order valence-corrected chi connectivity index (χ2v) is 7.55. The van der Waals surface area contributed by atoms with Crippen LogP contribution in [-0.4, -0.2) is 29.2 Å². The predicted octanol–water partition coefficient (Wildman–Crippen LogP) is 5.20. The molecule has 3 rings (SSSR count). The highest BCUT2D eigenvalue weighted by Crippen LogP contribution is 2.19. The van der Waals surface area contributed by atoms with Crippen LogP contribution in [-0.2, 0) is 13.0 Å². The molecule has 150 valence electrons. The molecular weight excluding hydrogens is 366 g/mol. The van der Waals surface area contributed by atoms with Gasteiger partial charge in [-0.15, -0.1) is 12.4 Å². The molecule has 1 saturated heterocycles. The maximum absolute atomic E-state index is 9.45. The lowest BCUT2D eigenvalue weighted by molar-refractivity contribution is 0.153. The second kappa shape index (κ2) is 11.9. The monoisotopic (exact) mass is 397 g/mol. The van der Waals surface area contributed by atoms with Gasteiger partial charge in [0.25, 0.3) is 0 Å². The van der Waals surface area contributed by atoms with Crippen LogP contribution in [0.15, 0.2) is 48.5 Å². The van der Waals surface area contributed by atoms with Gasteiger partial charge in [-0.05, 0) is 67.6 Å². The summed E-state index contributed by atoms with van der Waals surface area (Å²) in [6.07, 6.45) is 7.30. The highest BCUT2D eigenvalue weighted by Gasteiger charge is 2.23. The second-order valence-electron chi connectivity index (χ2n) is 7.55. The van der Waals surface area contributed by atoms with Gasteiger partial charge < -0.3 is 5.11 Å². The minimum Gasteiger partial charge on any atom is -0.395 e. The van der Waals surface area contributed by atoms with Crippen molar-refractivity contribution in [2.75, 3.05) is 13.2 Å². The van der Waals surface area contributed by atoms with Crippen LogP contribution in [0.1, 0.15) is 61.3 Å². The van der Waals surface area contributed by atoms with Gasteiger partial charge in [-0.2, -0.15) is 0 Å². The van der Waals surface area contributed by atoms with Gasteiger partial charge in [0.15, 0.2) is 0 Å². The van der Waals surface area contributed by atoms with E-state index in [1.54, 1.807) is 0 Å². The number of hydrogen-bond acceptors (Lipinski definition) is 2. The normalized spacial score (nSPS) is 16.3. The number of aliphatic hydroxyl groups is 1. The molecule has 28 heavy (non-hydrogen) atoms. The largest absolute Gasteiger partial charge is 0.395 e. The van der Waals surface area contributed by atoms with Crippen LogP contribution < -0.4 is 0 Å². The van der Waals surface area contributed by atoms with Crippen molar-refractivity contribution in [1.29, 1.82) is 0 Å². The van der Waals surface area contributed by atoms with Crippen molar-refractivity contribution >= 4 is 12.4 Å². The van der Waals surface area contributed by atoms with Crippen molar-refractivity contribution < 1.29 is 5.11 Å². The van der Waals surface area contributed by atoms with Gasteiger partial charge in [0.05, 0.1) is 6.61 Å². The van der Waals surface area contributed by atoms with Crippen LogP contribution in [0.25, 0.3) is 0 Å². The summed E-state index contributed by atoms with van der Waals surface area (Å²) in [5, 5.41) is 9.45. The van der Waals surface area contributed by atoms with Crippen LogP contribution in [0.3, 0.4) is 0 Å². The number of aryl methyl sites for hydroxylation is 1. The fourth-order valence-corrected chi connectivity index (χ4v) is 3.72. The maximum atomic E-state index is 9.45. The molecule has 0 spiro atoms. The molecule has 0 radical (unpaired) electrons. The molecule has 1 fully saturated rings. The molecule has 2 aromatic rings. The molecule has 0 bridgehead atoms. The Balaban J connectivity index is 0.00000280. The van der Waals surface area contributed by atoms with E-state index in [4.69, 9.17) is 0 Å². The maximum Gasteiger partial charge on any atom is 0.0587 e. The molecule has 1 aliphatic heterocycles. The minimum atomic E-state index is 0. The Morgan fingerprint density at radius 2 is 1.54 bits per heavy atom. The highest BCUT2D eigenvalue weighted by molar-refractivity contribution is 5.85. The Hall–Kier alpha value is -1.79. The van der Waals surface area contributed by atoms with Gasteiger partial charge in [-0.3, -0.25) is 4.90 Å². The average Bonchev–Trinajstić information content (AvgIpc) is 3.16. The number of halogens is 1. The molecule has 1 aliphatic rings. The average molecular weight is 398 g/mol. The minimum absolute atomic E-state index is 0. The Morgan fingerprint density at radius 3 is 2.11 bits per heavy atom. The molecular formula is C25H32ClNO. The topological polar surface area (TPSA) is 23.5 Å². The number of hydrogen-bond donors (Lipinski definition) is 1. The molecule has 0 aromatic heterocycles. The summed E-state index contributed by atoms with van der Waals surface area (Å²) in [4.78, 5) is 2.38. The Kier molecular flexibility index (Phi) is 9.58. The van der Waals surface area contributed by atoms with Gasteiger partial charge in [0.1, 0.15) is 0 Å². The molecule has 2 nitrogen and oxygen atoms in total. The number of aliphatic hydroxyl groups excluding tert-OH is 1. The molecule has 3 heteroatoms. The van der Waals surface area contributed by atoms with Crippen LogP contribution in [0.2, 0.25) is 0 Å². The third-order valence-corrected chi connectivity index (χ3v) is 5.42. The molecule has 0 aliphatic carbocycles. The van der Waals surface area contributed by atoms with Crippen molar-refractivity contribution in [2.45, 2.75) is 58.0 Å². The molecule has 0 unspecified atom stereocenters. The number of unbranched alkanes of at least 4 members (excludes halogenated alkanes) is 2. The molecule has 1 N–H and O–H groups in total. The quantitative estimate of drug-likeness (QED) is 0.512. The Bertz CT molecular complexity index is 758. The van der Waals surface area contributed by atoms with Crippen molar-refractivity contribution in [1.82, 2.24) is 4.90 Å². The van der Waals surface area contributed by atoms with Crippen molar-refractivity contribution in [3.63, 3.8) is 0 Å². The fraction of sp³-hybridized carbons (Fsp3) is 0.440. The van der Waals surface area contributed by atoms with Gasteiger partial charge in [-0.1, -0.05) is 55.9 Å². The van der Waals surface area contributed by atoms with E-state index in [1.807, 2.05) is 0 Å². The first kappa shape index (κ1) is 22.5. The number of benzene rings is 2. The summed E-state index contributed by atoms with van der Waals surface area (Å²) in [5.74, 6) is 6.54. The van der Waals surface area contributed by atoms with Crippen molar-refractivity contribution in [3.05, 3.63) is 70.8 Å². The van der Waals surface area contributed by atoms with Gasteiger partial charge >= 0.3 is 0 Å². The lowest BCUT2D eigenvalue weighted by atomic mass is 10.1. The summed E-state index contributed by atoms with van der Waals surface area (Å²) in [6.45, 7) is 4.50. The smallest absolute Gasteiger partial charge is 0.0587 e. The van der Waals surface area contributed by atoms with E-state index in [9.17, 15) is 5.11 Å². The van der Waals surface area contributed by atoms with E-state index in [-0.39, 0.29) is 19.0 Å². The Labute approximate surface area is 176 Å². The lowest BCUT2D eigenvalue weighted by Gasteiger charge is -2.22. The van der Waals surface area contributed by atoms with Crippen LogP contribution in [0.4, 0.5) is 0 Å². The SMILES string of the molecule is CCCCCc1ccc(C#Cc2ccc(CN3CCC[C@@H]3CO)cc2)cc1.Cl. The van der Waals surface area contributed by atoms with Crippen LogP contribution in [0, 0.1) is 11.8 Å². The first-order chi connectivity index (χ1) is 13.3. The molecule has 0 saturated carbocycles. The first-order valence-electron chi connectivity index (χ1n) is 10.3. The van der Waals surface area contributed by atoms with Gasteiger partial charge in [0.2, 0.25) is 0 Å². The van der Waals surface area contributed by atoms with Crippen molar-refractivity contribution in [3.8, 4) is 11.8 Å². The van der Waals surface area contributed by atoms with E-state index in [2.05, 4.69) is 72.2 Å². The number of rotatable bonds is 7. The van der Waals surface area contributed by atoms with Crippen molar-refractivity contribution in [2.24, 2.45) is 0 Å². The van der Waals surface area contributed by atoms with Crippen LogP contribution >= 0.6 is 12.4 Å².